The van der Waals surface area contributed by atoms with Crippen LogP contribution in [-0.2, 0) is 0 Å². The molecule has 28 heavy (non-hydrogen) atoms. The number of nitrogens with one attached hydrogen (secondary N) is 1. The second-order valence-corrected chi connectivity index (χ2v) is 9.45. The zero-order valence-corrected chi connectivity index (χ0v) is 17.8. The van der Waals surface area contributed by atoms with Crippen molar-refractivity contribution in [3.63, 3.8) is 0 Å². The smallest absolute Gasteiger partial charge is 0.125 e. The van der Waals surface area contributed by atoms with Gasteiger partial charge in [-0.05, 0) is 63.2 Å². The van der Waals surface area contributed by atoms with Crippen LogP contribution in [0.15, 0.2) is 42.0 Å². The van der Waals surface area contributed by atoms with Crippen molar-refractivity contribution in [3.05, 3.63) is 46.9 Å². The summed E-state index contributed by atoms with van der Waals surface area (Å²) in [4.78, 5) is 14.3. The molecule has 5 rings (SSSR count). The van der Waals surface area contributed by atoms with E-state index in [0.717, 1.165) is 28.3 Å². The van der Waals surface area contributed by atoms with Gasteiger partial charge in [-0.25, -0.2) is 9.97 Å². The Hall–Kier alpha value is -2.02. The zero-order chi connectivity index (χ0) is 19.1. The average molecular weight is 409 g/mol. The van der Waals surface area contributed by atoms with Gasteiger partial charge in [0.1, 0.15) is 4.83 Å². The highest BCUT2D eigenvalue weighted by Crippen LogP contribution is 2.40. The van der Waals surface area contributed by atoms with Crippen LogP contribution in [0.2, 0.25) is 0 Å². The predicted molar refractivity (Wildman–Crippen MR) is 121 cm³/mol. The number of thiophene rings is 1. The first-order valence-corrected chi connectivity index (χ1v) is 11.7. The molecule has 6 heteroatoms. The van der Waals surface area contributed by atoms with Crippen molar-refractivity contribution in [1.29, 1.82) is 0 Å². The summed E-state index contributed by atoms with van der Waals surface area (Å²) in [5.74, 6) is 0.604. The monoisotopic (exact) mass is 408 g/mol. The molecule has 3 aromatic heterocycles. The van der Waals surface area contributed by atoms with Gasteiger partial charge >= 0.3 is 0 Å². The van der Waals surface area contributed by atoms with Crippen LogP contribution in [0.3, 0.4) is 0 Å². The average Bonchev–Trinajstić information content (AvgIpc) is 3.35. The van der Waals surface area contributed by atoms with E-state index in [-0.39, 0.29) is 0 Å². The van der Waals surface area contributed by atoms with Gasteiger partial charge in [0.05, 0.1) is 21.4 Å². The Morgan fingerprint density at radius 2 is 2.14 bits per heavy atom. The summed E-state index contributed by atoms with van der Waals surface area (Å²) in [7, 11) is 0. The quantitative estimate of drug-likeness (QED) is 0.434. The van der Waals surface area contributed by atoms with Crippen molar-refractivity contribution >= 4 is 54.5 Å². The Balaban J connectivity index is 1.48. The maximum Gasteiger partial charge on any atom is 0.125 e. The van der Waals surface area contributed by atoms with Gasteiger partial charge in [-0.1, -0.05) is 6.92 Å². The number of nitrogens with zero attached hydrogens (tertiary/aromatic N) is 3. The van der Waals surface area contributed by atoms with E-state index in [1.165, 1.54) is 34.3 Å². The largest absolute Gasteiger partial charge is 0.355 e. The molecule has 0 unspecified atom stereocenters. The van der Waals surface area contributed by atoms with E-state index in [0.29, 0.717) is 12.0 Å². The lowest BCUT2D eigenvalue weighted by Crippen LogP contribution is -2.41. The van der Waals surface area contributed by atoms with Crippen molar-refractivity contribution in [2.45, 2.75) is 38.6 Å². The van der Waals surface area contributed by atoms with Gasteiger partial charge in [0.25, 0.3) is 0 Å². The van der Waals surface area contributed by atoms with Crippen LogP contribution >= 0.6 is 22.7 Å². The molecule has 0 aliphatic carbocycles. The van der Waals surface area contributed by atoms with Crippen LogP contribution in [0.1, 0.15) is 37.5 Å². The summed E-state index contributed by atoms with van der Waals surface area (Å²) >= 11 is 3.54. The molecule has 0 radical (unpaired) electrons. The second-order valence-electron chi connectivity index (χ2n) is 7.50. The number of aromatic nitrogens is 2. The molecule has 1 aromatic carbocycles. The van der Waals surface area contributed by atoms with E-state index < -0.39 is 0 Å². The third-order valence-electron chi connectivity index (χ3n) is 5.95. The molecule has 1 aliphatic heterocycles. The van der Waals surface area contributed by atoms with E-state index in [1.54, 1.807) is 11.3 Å². The SMILES string of the molecule is CCN1CCC[C@H](c2cc3c(Nc4ccc5scnc5c4)ccnc3s2)[C@@H]1C. The number of anilines is 2. The second kappa shape index (κ2) is 7.43. The molecule has 4 nitrogen and oxygen atoms in total. The number of thiazole rings is 1. The molecule has 0 amide bonds. The molecular weight excluding hydrogens is 384 g/mol. The number of likely N-dealkylation sites (N-methyl/N-ethyl adjacent to an activating group) is 1. The topological polar surface area (TPSA) is 41.0 Å². The molecule has 0 saturated carbocycles. The molecule has 144 valence electrons. The van der Waals surface area contributed by atoms with Gasteiger partial charge in [-0.2, -0.15) is 0 Å². The van der Waals surface area contributed by atoms with Crippen molar-refractivity contribution in [3.8, 4) is 0 Å². The number of benzene rings is 1. The number of hydrogen-bond donors (Lipinski definition) is 1. The van der Waals surface area contributed by atoms with Crippen LogP contribution < -0.4 is 5.32 Å². The Kier molecular flexibility index (Phi) is 4.78. The molecule has 0 spiro atoms. The predicted octanol–water partition coefficient (Wildman–Crippen LogP) is 6.24. The third kappa shape index (κ3) is 3.19. The van der Waals surface area contributed by atoms with E-state index >= 15 is 0 Å². The first-order valence-electron chi connectivity index (χ1n) is 9.95. The lowest BCUT2D eigenvalue weighted by molar-refractivity contribution is 0.148. The minimum Gasteiger partial charge on any atom is -0.355 e. The first-order chi connectivity index (χ1) is 13.7. The number of likely N-dealkylation sites (tertiary alicyclic amines) is 1. The Morgan fingerprint density at radius 1 is 1.21 bits per heavy atom. The van der Waals surface area contributed by atoms with Gasteiger partial charge < -0.3 is 10.2 Å². The van der Waals surface area contributed by atoms with E-state index in [9.17, 15) is 0 Å². The number of rotatable bonds is 4. The summed E-state index contributed by atoms with van der Waals surface area (Å²) in [6.45, 7) is 7.01. The minimum absolute atomic E-state index is 0.593. The molecule has 4 aromatic rings. The Bertz CT molecular complexity index is 1120. The first kappa shape index (κ1) is 18.0. The Morgan fingerprint density at radius 3 is 3.04 bits per heavy atom. The molecule has 2 atom stereocenters. The highest BCUT2D eigenvalue weighted by molar-refractivity contribution is 7.18. The van der Waals surface area contributed by atoms with Gasteiger partial charge in [0, 0.05) is 34.1 Å². The number of piperidine rings is 1. The zero-order valence-electron chi connectivity index (χ0n) is 16.2. The summed E-state index contributed by atoms with van der Waals surface area (Å²) < 4.78 is 1.22. The molecule has 4 heterocycles. The summed E-state index contributed by atoms with van der Waals surface area (Å²) in [6, 6.07) is 11.4. The number of fused-ring (bicyclic) bond motifs is 2. The summed E-state index contributed by atoms with van der Waals surface area (Å²) in [6.07, 6.45) is 4.46. The fourth-order valence-electron chi connectivity index (χ4n) is 4.38. The van der Waals surface area contributed by atoms with Crippen LogP contribution in [0.5, 0.6) is 0 Å². The van der Waals surface area contributed by atoms with Gasteiger partial charge in [-0.15, -0.1) is 22.7 Å². The van der Waals surface area contributed by atoms with Crippen molar-refractivity contribution < 1.29 is 0 Å². The van der Waals surface area contributed by atoms with Crippen molar-refractivity contribution in [2.75, 3.05) is 18.4 Å². The molecule has 1 saturated heterocycles. The van der Waals surface area contributed by atoms with Gasteiger partial charge in [0.15, 0.2) is 0 Å². The highest BCUT2D eigenvalue weighted by atomic mass is 32.1. The summed E-state index contributed by atoms with van der Waals surface area (Å²) in [5.41, 5.74) is 5.14. The summed E-state index contributed by atoms with van der Waals surface area (Å²) in [5, 5.41) is 4.82. The lowest BCUT2D eigenvalue weighted by atomic mass is 9.89. The van der Waals surface area contributed by atoms with Crippen molar-refractivity contribution in [2.24, 2.45) is 0 Å². The standard InChI is InChI=1S/C22H24N4S2/c1-3-26-10-4-5-16(14(26)2)21-12-17-18(8-9-23-22(17)28-21)25-15-6-7-20-19(11-15)24-13-27-20/h6-9,11-14,16H,3-5,10H2,1-2H3,(H,23,25)/t14-,16-/m0/s1. The fraction of sp³-hybridized carbons (Fsp3) is 0.364. The molecule has 0 bridgehead atoms. The number of pyridine rings is 1. The molecule has 1 fully saturated rings. The van der Waals surface area contributed by atoms with E-state index in [4.69, 9.17) is 0 Å². The van der Waals surface area contributed by atoms with Gasteiger partial charge in [-0.3, -0.25) is 0 Å². The van der Waals surface area contributed by atoms with E-state index in [2.05, 4.69) is 64.4 Å². The minimum atomic E-state index is 0.593. The maximum absolute atomic E-state index is 4.66. The molecular formula is C22H24N4S2. The van der Waals surface area contributed by atoms with Crippen LogP contribution in [-0.4, -0.2) is 34.0 Å². The highest BCUT2D eigenvalue weighted by Gasteiger charge is 2.29. The fourth-order valence-corrected chi connectivity index (χ4v) is 6.30. The third-order valence-corrected chi connectivity index (χ3v) is 7.94. The lowest BCUT2D eigenvalue weighted by Gasteiger charge is -2.38. The van der Waals surface area contributed by atoms with Gasteiger partial charge in [0.2, 0.25) is 0 Å². The van der Waals surface area contributed by atoms with Crippen LogP contribution in [0, 0.1) is 0 Å². The van der Waals surface area contributed by atoms with E-state index in [1.807, 2.05) is 23.0 Å². The van der Waals surface area contributed by atoms with Crippen LogP contribution in [0.25, 0.3) is 20.4 Å². The number of hydrogen-bond acceptors (Lipinski definition) is 6. The Labute approximate surface area is 173 Å². The van der Waals surface area contributed by atoms with Crippen molar-refractivity contribution in [1.82, 2.24) is 14.9 Å². The maximum atomic E-state index is 4.66. The normalized spacial score (nSPS) is 20.8. The van der Waals surface area contributed by atoms with Crippen LogP contribution in [0.4, 0.5) is 11.4 Å². The molecule has 1 aliphatic rings. The molecule has 1 N–H and O–H groups in total.